The van der Waals surface area contributed by atoms with Crippen LogP contribution < -0.4 is 10.5 Å². The predicted octanol–water partition coefficient (Wildman–Crippen LogP) is 1.77. The Morgan fingerprint density at radius 1 is 1.36 bits per heavy atom. The number of ether oxygens (including phenoxy) is 1. The fourth-order valence-corrected chi connectivity index (χ4v) is 3.08. The van der Waals surface area contributed by atoms with Crippen LogP contribution in [0, 0.1) is 11.3 Å². The van der Waals surface area contributed by atoms with Crippen molar-refractivity contribution in [2.75, 3.05) is 0 Å². The second kappa shape index (κ2) is 5.79. The first kappa shape index (κ1) is 15.0. The topological polar surface area (TPSA) is 118 Å². The first-order valence-corrected chi connectivity index (χ1v) is 7.84. The molecular weight excluding hydrogens is 318 g/mol. The van der Waals surface area contributed by atoms with Gasteiger partial charge in [0.1, 0.15) is 11.6 Å². The molecule has 0 amide bonds. The molecule has 3 N–H and O–H groups in total. The van der Waals surface area contributed by atoms with Gasteiger partial charge in [-0.05, 0) is 24.1 Å². The van der Waals surface area contributed by atoms with E-state index in [-0.39, 0.29) is 11.8 Å². The van der Waals surface area contributed by atoms with E-state index in [1.807, 2.05) is 31.2 Å². The molecule has 0 aliphatic carbocycles. The van der Waals surface area contributed by atoms with Gasteiger partial charge in [-0.1, -0.05) is 24.3 Å². The van der Waals surface area contributed by atoms with E-state index >= 15 is 0 Å². The SMILES string of the molecule is CCc1[nH]nc2c1C(c1ccc(-n3ccnn3)cc1)C(C#N)=C(N)O2. The smallest absolute Gasteiger partial charge is 0.244 e. The third-order valence-corrected chi connectivity index (χ3v) is 4.28. The van der Waals surface area contributed by atoms with Crippen LogP contribution in [0.2, 0.25) is 0 Å². The Labute approximate surface area is 143 Å². The fourth-order valence-electron chi connectivity index (χ4n) is 3.08. The van der Waals surface area contributed by atoms with E-state index in [9.17, 15) is 5.26 Å². The Morgan fingerprint density at radius 3 is 2.80 bits per heavy atom. The molecule has 124 valence electrons. The highest BCUT2D eigenvalue weighted by molar-refractivity contribution is 5.55. The summed E-state index contributed by atoms with van der Waals surface area (Å²) in [5.74, 6) is 0.209. The molecule has 1 atom stereocenters. The van der Waals surface area contributed by atoms with Crippen LogP contribution >= 0.6 is 0 Å². The molecular formula is C17H15N7O. The molecule has 0 fully saturated rings. The number of aromatic nitrogens is 5. The second-order valence-corrected chi connectivity index (χ2v) is 5.64. The number of nitriles is 1. The van der Waals surface area contributed by atoms with Crippen molar-refractivity contribution in [2.45, 2.75) is 19.3 Å². The summed E-state index contributed by atoms with van der Waals surface area (Å²) < 4.78 is 7.19. The molecule has 0 saturated carbocycles. The number of nitrogens with two attached hydrogens (primary N) is 1. The van der Waals surface area contributed by atoms with Gasteiger partial charge < -0.3 is 10.5 Å². The van der Waals surface area contributed by atoms with Crippen molar-refractivity contribution < 1.29 is 4.74 Å². The number of aryl methyl sites for hydroxylation is 1. The van der Waals surface area contributed by atoms with Gasteiger partial charge in [0.05, 0.1) is 24.0 Å². The summed E-state index contributed by atoms with van der Waals surface area (Å²) in [4.78, 5) is 0. The number of aromatic amines is 1. The van der Waals surface area contributed by atoms with E-state index in [0.29, 0.717) is 11.5 Å². The van der Waals surface area contributed by atoms with Crippen molar-refractivity contribution >= 4 is 0 Å². The van der Waals surface area contributed by atoms with Crippen LogP contribution in [0.4, 0.5) is 0 Å². The largest absolute Gasteiger partial charge is 0.420 e. The Balaban J connectivity index is 1.83. The monoisotopic (exact) mass is 333 g/mol. The van der Waals surface area contributed by atoms with Gasteiger partial charge in [0.25, 0.3) is 0 Å². The molecule has 1 aliphatic heterocycles. The maximum atomic E-state index is 9.60. The zero-order valence-corrected chi connectivity index (χ0v) is 13.5. The van der Waals surface area contributed by atoms with Crippen LogP contribution in [0.25, 0.3) is 5.69 Å². The fraction of sp³-hybridized carbons (Fsp3) is 0.176. The number of H-pyrrole nitrogens is 1. The van der Waals surface area contributed by atoms with Gasteiger partial charge in [0.15, 0.2) is 0 Å². The Morgan fingerprint density at radius 2 is 2.16 bits per heavy atom. The highest BCUT2D eigenvalue weighted by atomic mass is 16.5. The maximum absolute atomic E-state index is 9.60. The van der Waals surface area contributed by atoms with Crippen LogP contribution in [0.1, 0.15) is 29.7 Å². The highest BCUT2D eigenvalue weighted by Crippen LogP contribution is 2.42. The van der Waals surface area contributed by atoms with Crippen LogP contribution in [0.5, 0.6) is 5.88 Å². The highest BCUT2D eigenvalue weighted by Gasteiger charge is 2.34. The molecule has 0 radical (unpaired) electrons. The molecule has 3 heterocycles. The molecule has 2 aromatic heterocycles. The summed E-state index contributed by atoms with van der Waals surface area (Å²) in [6.45, 7) is 2.02. The van der Waals surface area contributed by atoms with Gasteiger partial charge in [0, 0.05) is 11.3 Å². The average molecular weight is 333 g/mol. The third-order valence-electron chi connectivity index (χ3n) is 4.28. The van der Waals surface area contributed by atoms with Crippen molar-refractivity contribution in [1.29, 1.82) is 5.26 Å². The summed E-state index contributed by atoms with van der Waals surface area (Å²) in [5.41, 5.74) is 9.94. The number of allylic oxidation sites excluding steroid dienone is 1. The average Bonchev–Trinajstić information content (AvgIpc) is 3.30. The Hall–Kier alpha value is -3.60. The molecule has 8 heteroatoms. The molecule has 4 rings (SSSR count). The lowest BCUT2D eigenvalue weighted by molar-refractivity contribution is 0.378. The minimum atomic E-state index is -0.313. The van der Waals surface area contributed by atoms with Gasteiger partial charge in [-0.3, -0.25) is 5.10 Å². The molecule has 8 nitrogen and oxygen atoms in total. The maximum Gasteiger partial charge on any atom is 0.244 e. The number of fused-ring (bicyclic) bond motifs is 1. The molecule has 25 heavy (non-hydrogen) atoms. The number of nitrogens with one attached hydrogen (secondary N) is 1. The molecule has 0 spiro atoms. The predicted molar refractivity (Wildman–Crippen MR) is 88.6 cm³/mol. The van der Waals surface area contributed by atoms with E-state index in [4.69, 9.17) is 10.5 Å². The minimum Gasteiger partial charge on any atom is -0.420 e. The van der Waals surface area contributed by atoms with E-state index < -0.39 is 0 Å². The summed E-state index contributed by atoms with van der Waals surface area (Å²) in [6, 6.07) is 9.94. The van der Waals surface area contributed by atoms with Crippen LogP contribution in [-0.2, 0) is 6.42 Å². The number of hydrogen-bond donors (Lipinski definition) is 2. The van der Waals surface area contributed by atoms with Crippen molar-refractivity contribution in [1.82, 2.24) is 25.2 Å². The summed E-state index contributed by atoms with van der Waals surface area (Å²) in [5, 5.41) is 24.6. The number of nitrogens with zero attached hydrogens (tertiary/aromatic N) is 5. The summed E-state index contributed by atoms with van der Waals surface area (Å²) >= 11 is 0. The Bertz CT molecular complexity index is 977. The summed E-state index contributed by atoms with van der Waals surface area (Å²) in [6.07, 6.45) is 4.14. The lowest BCUT2D eigenvalue weighted by atomic mass is 9.83. The first-order valence-electron chi connectivity index (χ1n) is 7.84. The van der Waals surface area contributed by atoms with Crippen molar-refractivity contribution in [3.63, 3.8) is 0 Å². The summed E-state index contributed by atoms with van der Waals surface area (Å²) in [7, 11) is 0. The van der Waals surface area contributed by atoms with Crippen molar-refractivity contribution in [3.05, 3.63) is 64.9 Å². The molecule has 0 saturated heterocycles. The number of benzene rings is 1. The lowest BCUT2D eigenvalue weighted by Gasteiger charge is -2.24. The van der Waals surface area contributed by atoms with Gasteiger partial charge in [-0.15, -0.1) is 10.2 Å². The molecule has 3 aromatic rings. The van der Waals surface area contributed by atoms with Crippen LogP contribution in [0.3, 0.4) is 0 Å². The van der Waals surface area contributed by atoms with E-state index in [1.165, 1.54) is 0 Å². The first-order chi connectivity index (χ1) is 12.2. The molecule has 1 aliphatic rings. The van der Waals surface area contributed by atoms with Crippen LogP contribution in [0.15, 0.2) is 48.1 Å². The van der Waals surface area contributed by atoms with Crippen LogP contribution in [-0.4, -0.2) is 25.2 Å². The molecule has 0 bridgehead atoms. The zero-order valence-electron chi connectivity index (χ0n) is 13.5. The van der Waals surface area contributed by atoms with Gasteiger partial charge in [-0.2, -0.15) is 5.26 Å². The number of rotatable bonds is 3. The van der Waals surface area contributed by atoms with Gasteiger partial charge in [0.2, 0.25) is 11.8 Å². The molecule has 1 unspecified atom stereocenters. The van der Waals surface area contributed by atoms with Gasteiger partial charge >= 0.3 is 0 Å². The van der Waals surface area contributed by atoms with Gasteiger partial charge in [-0.25, -0.2) is 4.68 Å². The molecule has 1 aromatic carbocycles. The second-order valence-electron chi connectivity index (χ2n) is 5.64. The standard InChI is InChI=1S/C17H15N7O/c1-2-13-15-14(12(9-18)16(19)25-17(15)22-21-13)10-3-5-11(6-4-10)24-8-7-20-23-24/h3-8,14H,2,19H2,1H3,(H,21,22). The lowest BCUT2D eigenvalue weighted by Crippen LogP contribution is -2.21. The minimum absolute atomic E-state index is 0.0921. The number of hydrogen-bond acceptors (Lipinski definition) is 6. The van der Waals surface area contributed by atoms with Crippen molar-refractivity contribution in [2.24, 2.45) is 5.73 Å². The van der Waals surface area contributed by atoms with Crippen molar-refractivity contribution in [3.8, 4) is 17.6 Å². The quantitative estimate of drug-likeness (QED) is 0.754. The Kier molecular flexibility index (Phi) is 3.47. The zero-order chi connectivity index (χ0) is 17.4. The normalized spacial score (nSPS) is 16.2. The van der Waals surface area contributed by atoms with E-state index in [0.717, 1.165) is 28.9 Å². The third kappa shape index (κ3) is 2.33. The van der Waals surface area contributed by atoms with E-state index in [1.54, 1.807) is 17.1 Å². The van der Waals surface area contributed by atoms with E-state index in [2.05, 4.69) is 26.6 Å².